The highest BCUT2D eigenvalue weighted by Crippen LogP contribution is 2.23. The van der Waals surface area contributed by atoms with E-state index in [9.17, 15) is 0 Å². The number of hydrogen-bond acceptors (Lipinski definition) is 3. The molecule has 1 rings (SSSR count). The van der Waals surface area contributed by atoms with Crippen molar-refractivity contribution in [3.63, 3.8) is 0 Å². The van der Waals surface area contributed by atoms with E-state index in [2.05, 4.69) is 26.0 Å². The van der Waals surface area contributed by atoms with Gasteiger partial charge in [-0.05, 0) is 43.4 Å². The van der Waals surface area contributed by atoms with Crippen LogP contribution in [0.15, 0.2) is 24.3 Å². The Morgan fingerprint density at radius 1 is 1.22 bits per heavy atom. The van der Waals surface area contributed by atoms with E-state index in [1.807, 2.05) is 12.1 Å². The molecule has 2 unspecified atom stereocenters. The van der Waals surface area contributed by atoms with Crippen molar-refractivity contribution in [3.05, 3.63) is 29.8 Å². The Hall–Kier alpha value is -1.06. The van der Waals surface area contributed by atoms with Gasteiger partial charge in [-0.3, -0.25) is 0 Å². The molecule has 102 valence electrons. The molecule has 2 atom stereocenters. The molecule has 0 aliphatic carbocycles. The lowest BCUT2D eigenvalue weighted by Crippen LogP contribution is -2.45. The lowest BCUT2D eigenvalue weighted by molar-refractivity contribution is 0.159. The van der Waals surface area contributed by atoms with E-state index in [1.54, 1.807) is 14.2 Å². The summed E-state index contributed by atoms with van der Waals surface area (Å²) in [5, 5.41) is 0. The number of nitrogens with two attached hydrogens (primary N) is 1. The topological polar surface area (TPSA) is 44.5 Å². The first kappa shape index (κ1) is 15.0. The lowest BCUT2D eigenvalue weighted by Gasteiger charge is -2.32. The molecule has 3 heteroatoms. The molecule has 0 fully saturated rings. The Morgan fingerprint density at radius 2 is 1.83 bits per heavy atom. The quantitative estimate of drug-likeness (QED) is 0.810. The zero-order chi connectivity index (χ0) is 13.6. The summed E-state index contributed by atoms with van der Waals surface area (Å²) < 4.78 is 10.3. The minimum Gasteiger partial charge on any atom is -0.497 e. The molecule has 0 heterocycles. The van der Waals surface area contributed by atoms with E-state index in [4.69, 9.17) is 15.2 Å². The highest BCUT2D eigenvalue weighted by atomic mass is 16.5. The standard InChI is InChI=1S/C15H25NO2/c1-12(9-10-17-3)15(2,16)11-13-5-7-14(18-4)8-6-13/h5-8,12H,9-11,16H2,1-4H3. The molecule has 1 aromatic carbocycles. The Labute approximate surface area is 110 Å². The van der Waals surface area contributed by atoms with Crippen LogP contribution in [0, 0.1) is 5.92 Å². The van der Waals surface area contributed by atoms with Gasteiger partial charge in [0.15, 0.2) is 0 Å². The van der Waals surface area contributed by atoms with Gasteiger partial charge in [0.25, 0.3) is 0 Å². The van der Waals surface area contributed by atoms with Crippen molar-refractivity contribution in [2.24, 2.45) is 11.7 Å². The van der Waals surface area contributed by atoms with Crippen LogP contribution < -0.4 is 10.5 Å². The zero-order valence-corrected chi connectivity index (χ0v) is 11.9. The van der Waals surface area contributed by atoms with Crippen LogP contribution >= 0.6 is 0 Å². The van der Waals surface area contributed by atoms with Gasteiger partial charge >= 0.3 is 0 Å². The fourth-order valence-corrected chi connectivity index (χ4v) is 1.98. The number of benzene rings is 1. The summed E-state index contributed by atoms with van der Waals surface area (Å²) in [6.45, 7) is 5.05. The van der Waals surface area contributed by atoms with Crippen molar-refractivity contribution in [2.45, 2.75) is 32.2 Å². The molecule has 18 heavy (non-hydrogen) atoms. The molecule has 0 saturated carbocycles. The van der Waals surface area contributed by atoms with E-state index in [-0.39, 0.29) is 5.54 Å². The fourth-order valence-electron chi connectivity index (χ4n) is 1.98. The van der Waals surface area contributed by atoms with Gasteiger partial charge in [-0.1, -0.05) is 19.1 Å². The van der Waals surface area contributed by atoms with Gasteiger partial charge in [-0.25, -0.2) is 0 Å². The van der Waals surface area contributed by atoms with Gasteiger partial charge in [0, 0.05) is 19.3 Å². The molecule has 0 saturated heterocycles. The molecule has 0 aliphatic rings. The van der Waals surface area contributed by atoms with Gasteiger partial charge in [-0.15, -0.1) is 0 Å². The highest BCUT2D eigenvalue weighted by molar-refractivity contribution is 5.28. The molecule has 1 aromatic rings. The molecule has 0 aliphatic heterocycles. The summed E-state index contributed by atoms with van der Waals surface area (Å²) in [5.41, 5.74) is 7.44. The first-order valence-electron chi connectivity index (χ1n) is 6.40. The Bertz CT molecular complexity index is 346. The second-order valence-electron chi connectivity index (χ2n) is 5.21. The maximum absolute atomic E-state index is 6.42. The second-order valence-corrected chi connectivity index (χ2v) is 5.21. The smallest absolute Gasteiger partial charge is 0.118 e. The average Bonchev–Trinajstić information content (AvgIpc) is 2.36. The molecule has 3 nitrogen and oxygen atoms in total. The van der Waals surface area contributed by atoms with Crippen molar-refractivity contribution in [1.29, 1.82) is 0 Å². The minimum absolute atomic E-state index is 0.215. The maximum Gasteiger partial charge on any atom is 0.118 e. The van der Waals surface area contributed by atoms with E-state index < -0.39 is 0 Å². The van der Waals surface area contributed by atoms with Crippen LogP contribution in [0.4, 0.5) is 0 Å². The van der Waals surface area contributed by atoms with Crippen LogP contribution in [0.5, 0.6) is 5.75 Å². The van der Waals surface area contributed by atoms with Crippen molar-refractivity contribution in [2.75, 3.05) is 20.8 Å². The molecular weight excluding hydrogens is 226 g/mol. The molecular formula is C15H25NO2. The van der Waals surface area contributed by atoms with Crippen LogP contribution in [-0.2, 0) is 11.2 Å². The van der Waals surface area contributed by atoms with Crippen molar-refractivity contribution < 1.29 is 9.47 Å². The van der Waals surface area contributed by atoms with Gasteiger partial charge in [0.2, 0.25) is 0 Å². The SMILES string of the molecule is COCCC(C)C(C)(N)Cc1ccc(OC)cc1. The first-order valence-corrected chi connectivity index (χ1v) is 6.40. The Kier molecular flexibility index (Phi) is 5.63. The molecule has 0 radical (unpaired) electrons. The summed E-state index contributed by atoms with van der Waals surface area (Å²) in [6.07, 6.45) is 1.85. The average molecular weight is 251 g/mol. The number of methoxy groups -OCH3 is 2. The van der Waals surface area contributed by atoms with Crippen molar-refractivity contribution in [1.82, 2.24) is 0 Å². The maximum atomic E-state index is 6.42. The summed E-state index contributed by atoms with van der Waals surface area (Å²) in [6, 6.07) is 8.11. The van der Waals surface area contributed by atoms with Crippen molar-refractivity contribution >= 4 is 0 Å². The van der Waals surface area contributed by atoms with Gasteiger partial charge < -0.3 is 15.2 Å². The van der Waals surface area contributed by atoms with Crippen LogP contribution in [0.1, 0.15) is 25.8 Å². The molecule has 0 spiro atoms. The Morgan fingerprint density at radius 3 is 2.33 bits per heavy atom. The van der Waals surface area contributed by atoms with E-state index in [1.165, 1.54) is 5.56 Å². The summed E-state index contributed by atoms with van der Waals surface area (Å²) in [7, 11) is 3.40. The van der Waals surface area contributed by atoms with Gasteiger partial charge in [0.05, 0.1) is 7.11 Å². The Balaban J connectivity index is 2.62. The van der Waals surface area contributed by atoms with Crippen LogP contribution in [-0.4, -0.2) is 26.4 Å². The normalized spacial score (nSPS) is 16.1. The van der Waals surface area contributed by atoms with Gasteiger partial charge in [-0.2, -0.15) is 0 Å². The van der Waals surface area contributed by atoms with E-state index in [0.29, 0.717) is 5.92 Å². The van der Waals surface area contributed by atoms with Gasteiger partial charge in [0.1, 0.15) is 5.75 Å². The first-order chi connectivity index (χ1) is 8.49. The highest BCUT2D eigenvalue weighted by Gasteiger charge is 2.26. The van der Waals surface area contributed by atoms with Crippen LogP contribution in [0.3, 0.4) is 0 Å². The van der Waals surface area contributed by atoms with E-state index >= 15 is 0 Å². The zero-order valence-electron chi connectivity index (χ0n) is 11.9. The minimum atomic E-state index is -0.215. The largest absolute Gasteiger partial charge is 0.497 e. The van der Waals surface area contributed by atoms with Crippen LogP contribution in [0.2, 0.25) is 0 Å². The lowest BCUT2D eigenvalue weighted by atomic mass is 9.81. The second kappa shape index (κ2) is 6.76. The summed E-state index contributed by atoms with van der Waals surface area (Å²) in [4.78, 5) is 0. The molecule has 0 bridgehead atoms. The fraction of sp³-hybridized carbons (Fsp3) is 0.600. The third-order valence-corrected chi connectivity index (χ3v) is 3.62. The van der Waals surface area contributed by atoms with Crippen molar-refractivity contribution in [3.8, 4) is 5.75 Å². The third kappa shape index (κ3) is 4.31. The van der Waals surface area contributed by atoms with E-state index in [0.717, 1.165) is 25.2 Å². The summed E-state index contributed by atoms with van der Waals surface area (Å²) >= 11 is 0. The third-order valence-electron chi connectivity index (χ3n) is 3.62. The summed E-state index contributed by atoms with van der Waals surface area (Å²) in [5.74, 6) is 1.30. The number of rotatable bonds is 7. The molecule has 2 N–H and O–H groups in total. The monoisotopic (exact) mass is 251 g/mol. The number of hydrogen-bond donors (Lipinski definition) is 1. The molecule has 0 amide bonds. The predicted octanol–water partition coefficient (Wildman–Crippen LogP) is 2.63. The molecule has 0 aromatic heterocycles. The van der Waals surface area contributed by atoms with Crippen LogP contribution in [0.25, 0.3) is 0 Å². The predicted molar refractivity (Wildman–Crippen MR) is 74.9 cm³/mol. The number of ether oxygens (including phenoxy) is 2.